The Morgan fingerprint density at radius 1 is 1.07 bits per heavy atom. The Labute approximate surface area is 157 Å². The minimum absolute atomic E-state index is 0.0810. The van der Waals surface area contributed by atoms with Gasteiger partial charge in [0, 0.05) is 24.0 Å². The molecule has 1 fully saturated rings. The van der Waals surface area contributed by atoms with Crippen molar-refractivity contribution in [2.45, 2.75) is 25.3 Å². The number of amides is 1. The van der Waals surface area contributed by atoms with Crippen molar-refractivity contribution in [1.82, 2.24) is 19.9 Å². The van der Waals surface area contributed by atoms with Crippen LogP contribution in [-0.4, -0.2) is 20.4 Å². The summed E-state index contributed by atoms with van der Waals surface area (Å²) in [6.45, 7) is 0.388. The molecule has 2 aromatic carbocycles. The van der Waals surface area contributed by atoms with Crippen LogP contribution < -0.4 is 5.32 Å². The van der Waals surface area contributed by atoms with E-state index in [-0.39, 0.29) is 5.91 Å². The zero-order valence-corrected chi connectivity index (χ0v) is 15.1. The maximum absolute atomic E-state index is 13.0. The van der Waals surface area contributed by atoms with Crippen molar-refractivity contribution in [3.05, 3.63) is 71.7 Å². The molecule has 134 valence electrons. The maximum Gasteiger partial charge on any atom is 0.252 e. The van der Waals surface area contributed by atoms with E-state index in [2.05, 4.69) is 10.3 Å². The Morgan fingerprint density at radius 2 is 1.81 bits per heavy atom. The number of para-hydroxylation sites is 3. The van der Waals surface area contributed by atoms with Gasteiger partial charge in [0.2, 0.25) is 0 Å². The molecule has 0 unspecified atom stereocenters. The van der Waals surface area contributed by atoms with E-state index in [1.165, 1.54) is 0 Å². The first-order valence-corrected chi connectivity index (χ1v) is 9.29. The molecule has 2 aromatic heterocycles. The zero-order chi connectivity index (χ0) is 18.4. The number of carbonyl (C=O) groups is 1. The van der Waals surface area contributed by atoms with E-state index in [4.69, 9.17) is 4.98 Å². The summed E-state index contributed by atoms with van der Waals surface area (Å²) in [5, 5.41) is 3.94. The molecular formula is C22H20N4O. The van der Waals surface area contributed by atoms with E-state index in [9.17, 15) is 4.79 Å². The van der Waals surface area contributed by atoms with Gasteiger partial charge >= 0.3 is 0 Å². The highest BCUT2D eigenvalue weighted by molar-refractivity contribution is 6.06. The van der Waals surface area contributed by atoms with Gasteiger partial charge in [-0.25, -0.2) is 4.98 Å². The quantitative estimate of drug-likeness (QED) is 0.603. The highest BCUT2D eigenvalue weighted by Gasteiger charge is 2.27. The first kappa shape index (κ1) is 16.0. The predicted molar refractivity (Wildman–Crippen MR) is 106 cm³/mol. The summed E-state index contributed by atoms with van der Waals surface area (Å²) in [5.74, 6) is 1.26. The van der Waals surface area contributed by atoms with E-state index in [1.54, 1.807) is 0 Å². The van der Waals surface area contributed by atoms with Gasteiger partial charge in [-0.15, -0.1) is 0 Å². The molecule has 0 radical (unpaired) electrons. The lowest BCUT2D eigenvalue weighted by Crippen LogP contribution is -2.25. The second kappa shape index (κ2) is 6.20. The van der Waals surface area contributed by atoms with E-state index >= 15 is 0 Å². The molecule has 5 heteroatoms. The largest absolute Gasteiger partial charge is 0.345 e. The first-order chi connectivity index (χ1) is 13.2. The molecule has 4 aromatic rings. The molecule has 1 aliphatic carbocycles. The minimum Gasteiger partial charge on any atom is -0.345 e. The van der Waals surface area contributed by atoms with Crippen molar-refractivity contribution >= 4 is 27.8 Å². The number of nitrogens with zero attached hydrogens (tertiary/aromatic N) is 3. The number of aryl methyl sites for hydroxylation is 1. The van der Waals surface area contributed by atoms with Crippen molar-refractivity contribution in [2.24, 2.45) is 7.05 Å². The minimum atomic E-state index is -0.0810. The van der Waals surface area contributed by atoms with Crippen molar-refractivity contribution in [2.75, 3.05) is 0 Å². The Balaban J connectivity index is 1.46. The number of nitrogens with one attached hydrogen (secondary N) is 1. The second-order valence-electron chi connectivity index (χ2n) is 7.14. The highest BCUT2D eigenvalue weighted by Crippen LogP contribution is 2.40. The van der Waals surface area contributed by atoms with Crippen LogP contribution in [0.25, 0.3) is 21.9 Å². The summed E-state index contributed by atoms with van der Waals surface area (Å²) in [6, 6.07) is 17.8. The maximum atomic E-state index is 13.0. The molecule has 2 heterocycles. The lowest BCUT2D eigenvalue weighted by Gasteiger charge is -2.10. The van der Waals surface area contributed by atoms with Crippen LogP contribution in [0.2, 0.25) is 0 Å². The summed E-state index contributed by atoms with van der Waals surface area (Å²) in [4.78, 5) is 22.4. The average molecular weight is 356 g/mol. The van der Waals surface area contributed by atoms with Crippen molar-refractivity contribution < 1.29 is 4.79 Å². The van der Waals surface area contributed by atoms with E-state index in [0.717, 1.165) is 46.3 Å². The number of imidazole rings is 1. The summed E-state index contributed by atoms with van der Waals surface area (Å²) in [7, 11) is 1.98. The Bertz CT molecular complexity index is 1170. The fraction of sp³-hybridized carbons (Fsp3) is 0.227. The number of hydrogen-bond acceptors (Lipinski definition) is 3. The van der Waals surface area contributed by atoms with Crippen LogP contribution in [0.5, 0.6) is 0 Å². The SMILES string of the molecule is Cn1c(CNC(=O)c2cc(C3CC3)nc3ccccc23)nc2ccccc21. The summed E-state index contributed by atoms with van der Waals surface area (Å²) >= 11 is 0. The van der Waals surface area contributed by atoms with Gasteiger partial charge in [0.1, 0.15) is 5.82 Å². The molecule has 0 saturated heterocycles. The smallest absolute Gasteiger partial charge is 0.252 e. The molecule has 0 aliphatic heterocycles. The number of carbonyl (C=O) groups excluding carboxylic acids is 1. The van der Waals surface area contributed by atoms with Crippen LogP contribution in [0.15, 0.2) is 54.6 Å². The summed E-state index contributed by atoms with van der Waals surface area (Å²) < 4.78 is 2.02. The van der Waals surface area contributed by atoms with Crippen LogP contribution in [0.3, 0.4) is 0 Å². The number of benzene rings is 2. The van der Waals surface area contributed by atoms with E-state index < -0.39 is 0 Å². The van der Waals surface area contributed by atoms with Gasteiger partial charge in [-0.1, -0.05) is 30.3 Å². The van der Waals surface area contributed by atoms with Gasteiger partial charge in [0.05, 0.1) is 28.7 Å². The van der Waals surface area contributed by atoms with Gasteiger partial charge in [-0.3, -0.25) is 9.78 Å². The van der Waals surface area contributed by atoms with Gasteiger partial charge in [-0.05, 0) is 37.1 Å². The monoisotopic (exact) mass is 356 g/mol. The number of rotatable bonds is 4. The van der Waals surface area contributed by atoms with Crippen molar-refractivity contribution in [3.8, 4) is 0 Å². The third-order valence-electron chi connectivity index (χ3n) is 5.26. The Kier molecular flexibility index (Phi) is 3.67. The molecule has 27 heavy (non-hydrogen) atoms. The number of fused-ring (bicyclic) bond motifs is 2. The lowest BCUT2D eigenvalue weighted by molar-refractivity contribution is 0.0951. The second-order valence-corrected chi connectivity index (χ2v) is 7.14. The predicted octanol–water partition coefficient (Wildman–Crippen LogP) is 3.93. The molecule has 5 rings (SSSR count). The zero-order valence-electron chi connectivity index (χ0n) is 15.1. The molecule has 1 saturated carbocycles. The van der Waals surface area contributed by atoms with Gasteiger partial charge in [-0.2, -0.15) is 0 Å². The van der Waals surface area contributed by atoms with E-state index in [0.29, 0.717) is 18.0 Å². The number of pyridine rings is 1. The van der Waals surface area contributed by atoms with Gasteiger partial charge < -0.3 is 9.88 Å². The van der Waals surface area contributed by atoms with Crippen LogP contribution in [-0.2, 0) is 13.6 Å². The number of hydrogen-bond donors (Lipinski definition) is 1. The van der Waals surface area contributed by atoms with Crippen molar-refractivity contribution in [1.29, 1.82) is 0 Å². The molecule has 0 bridgehead atoms. The lowest BCUT2D eigenvalue weighted by atomic mass is 10.1. The Morgan fingerprint density at radius 3 is 2.59 bits per heavy atom. The van der Waals surface area contributed by atoms with Gasteiger partial charge in [0.25, 0.3) is 5.91 Å². The fourth-order valence-corrected chi connectivity index (χ4v) is 3.58. The first-order valence-electron chi connectivity index (χ1n) is 9.29. The molecule has 1 N–H and O–H groups in total. The van der Waals surface area contributed by atoms with Gasteiger partial charge in [0.15, 0.2) is 0 Å². The summed E-state index contributed by atoms with van der Waals surface area (Å²) in [6.07, 6.45) is 2.32. The molecule has 0 spiro atoms. The van der Waals surface area contributed by atoms with Crippen LogP contribution >= 0.6 is 0 Å². The molecule has 1 amide bonds. The normalized spacial score (nSPS) is 14.0. The molecule has 0 atom stereocenters. The van der Waals surface area contributed by atoms with Crippen LogP contribution in [0.1, 0.15) is 40.6 Å². The number of aromatic nitrogens is 3. The molecular weight excluding hydrogens is 336 g/mol. The third-order valence-corrected chi connectivity index (χ3v) is 5.26. The topological polar surface area (TPSA) is 59.8 Å². The average Bonchev–Trinajstić information content (AvgIpc) is 3.50. The van der Waals surface area contributed by atoms with Crippen LogP contribution in [0.4, 0.5) is 0 Å². The molecule has 5 nitrogen and oxygen atoms in total. The highest BCUT2D eigenvalue weighted by atomic mass is 16.1. The molecule has 1 aliphatic rings. The third kappa shape index (κ3) is 2.85. The summed E-state index contributed by atoms with van der Waals surface area (Å²) in [5.41, 5.74) is 4.61. The standard InChI is InChI=1S/C22H20N4O/c1-26-20-9-5-4-8-18(20)25-21(26)13-23-22(27)16-12-19(14-10-11-14)24-17-7-3-2-6-15(16)17/h2-9,12,14H,10-11,13H2,1H3,(H,23,27). The van der Waals surface area contributed by atoms with E-state index in [1.807, 2.05) is 66.2 Å². The fourth-order valence-electron chi connectivity index (χ4n) is 3.58. The Hall–Kier alpha value is -3.21. The van der Waals surface area contributed by atoms with Crippen molar-refractivity contribution in [3.63, 3.8) is 0 Å². The van der Waals surface area contributed by atoms with Crippen LogP contribution in [0, 0.1) is 0 Å².